The summed E-state index contributed by atoms with van der Waals surface area (Å²) in [5, 5.41) is 8.81. The lowest BCUT2D eigenvalue weighted by molar-refractivity contribution is 0.830. The molecule has 0 fully saturated rings. The molecule has 1 rings (SSSR count). The molecule has 0 amide bonds. The van der Waals surface area contributed by atoms with Gasteiger partial charge in [0.2, 0.25) is 0 Å². The van der Waals surface area contributed by atoms with E-state index in [2.05, 4.69) is 52.0 Å². The molecule has 15 heavy (non-hydrogen) atoms. The van der Waals surface area contributed by atoms with Crippen molar-refractivity contribution in [3.8, 4) is 6.07 Å². The maximum absolute atomic E-state index is 8.81. The van der Waals surface area contributed by atoms with Gasteiger partial charge >= 0.3 is 0 Å². The molecule has 0 bridgehead atoms. The Morgan fingerprint density at radius 2 is 1.80 bits per heavy atom. The van der Waals surface area contributed by atoms with E-state index in [4.69, 9.17) is 5.26 Å². The van der Waals surface area contributed by atoms with Crippen molar-refractivity contribution in [2.24, 2.45) is 0 Å². The molecule has 1 nitrogen and oxygen atoms in total. The smallest absolute Gasteiger partial charge is 0.0669 e. The molecule has 0 radical (unpaired) electrons. The first-order valence-corrected chi connectivity index (χ1v) is 5.56. The molecule has 1 aromatic rings. The summed E-state index contributed by atoms with van der Waals surface area (Å²) in [6.45, 7) is 8.71. The van der Waals surface area contributed by atoms with Crippen LogP contribution in [0, 0.1) is 11.3 Å². The highest BCUT2D eigenvalue weighted by Gasteiger charge is 2.08. The van der Waals surface area contributed by atoms with Crippen LogP contribution in [0.4, 0.5) is 0 Å². The van der Waals surface area contributed by atoms with Crippen molar-refractivity contribution in [3.05, 3.63) is 34.9 Å². The SMILES string of the molecule is CC(C)c1ccc(C(C)C)c(CC#N)c1. The fourth-order valence-corrected chi connectivity index (χ4v) is 1.79. The molecule has 0 aliphatic heterocycles. The van der Waals surface area contributed by atoms with Gasteiger partial charge in [-0.1, -0.05) is 45.9 Å². The van der Waals surface area contributed by atoms with E-state index in [-0.39, 0.29) is 0 Å². The van der Waals surface area contributed by atoms with E-state index in [0.717, 1.165) is 0 Å². The number of nitrogens with zero attached hydrogens (tertiary/aromatic N) is 1. The number of hydrogen-bond acceptors (Lipinski definition) is 1. The third-order valence-corrected chi connectivity index (χ3v) is 2.73. The van der Waals surface area contributed by atoms with Crippen LogP contribution in [-0.2, 0) is 6.42 Å². The van der Waals surface area contributed by atoms with Gasteiger partial charge in [-0.25, -0.2) is 0 Å². The fraction of sp³-hybridized carbons (Fsp3) is 0.500. The molecule has 0 atom stereocenters. The van der Waals surface area contributed by atoms with Crippen molar-refractivity contribution < 1.29 is 0 Å². The molecule has 0 unspecified atom stereocenters. The Bertz CT molecular complexity index is 369. The molecule has 1 heteroatoms. The molecule has 0 N–H and O–H groups in total. The molecular weight excluding hydrogens is 182 g/mol. The zero-order chi connectivity index (χ0) is 11.4. The van der Waals surface area contributed by atoms with E-state index in [1.165, 1.54) is 16.7 Å². The van der Waals surface area contributed by atoms with Crippen molar-refractivity contribution in [1.29, 1.82) is 5.26 Å². The molecule has 0 spiro atoms. The van der Waals surface area contributed by atoms with Gasteiger partial charge < -0.3 is 0 Å². The second-order valence-electron chi connectivity index (χ2n) is 4.60. The number of benzene rings is 1. The summed E-state index contributed by atoms with van der Waals surface area (Å²) in [6.07, 6.45) is 0.522. The van der Waals surface area contributed by atoms with E-state index in [1.807, 2.05) is 0 Å². The van der Waals surface area contributed by atoms with Crippen LogP contribution in [-0.4, -0.2) is 0 Å². The molecule has 1 aromatic carbocycles. The van der Waals surface area contributed by atoms with Crippen LogP contribution in [0.2, 0.25) is 0 Å². The molecule has 0 aliphatic rings. The van der Waals surface area contributed by atoms with Crippen molar-refractivity contribution in [2.75, 3.05) is 0 Å². The Hall–Kier alpha value is -1.29. The van der Waals surface area contributed by atoms with Crippen LogP contribution in [0.5, 0.6) is 0 Å². The monoisotopic (exact) mass is 201 g/mol. The molecule has 80 valence electrons. The van der Waals surface area contributed by atoms with Gasteiger partial charge in [-0.15, -0.1) is 0 Å². The zero-order valence-electron chi connectivity index (χ0n) is 10.0. The summed E-state index contributed by atoms with van der Waals surface area (Å²) in [4.78, 5) is 0. The van der Waals surface area contributed by atoms with Crippen molar-refractivity contribution in [3.63, 3.8) is 0 Å². The summed E-state index contributed by atoms with van der Waals surface area (Å²) in [5.41, 5.74) is 3.82. The van der Waals surface area contributed by atoms with Crippen LogP contribution < -0.4 is 0 Å². The predicted molar refractivity (Wildman–Crippen MR) is 63.9 cm³/mol. The van der Waals surface area contributed by atoms with Crippen LogP contribution in [0.3, 0.4) is 0 Å². The van der Waals surface area contributed by atoms with Crippen molar-refractivity contribution >= 4 is 0 Å². The largest absolute Gasteiger partial charge is 0.198 e. The van der Waals surface area contributed by atoms with E-state index in [1.54, 1.807) is 0 Å². The first kappa shape index (κ1) is 11.8. The Balaban J connectivity index is 3.16. The average Bonchev–Trinajstić information content (AvgIpc) is 2.17. The van der Waals surface area contributed by atoms with Crippen LogP contribution in [0.25, 0.3) is 0 Å². The van der Waals surface area contributed by atoms with Crippen molar-refractivity contribution in [1.82, 2.24) is 0 Å². The first-order valence-electron chi connectivity index (χ1n) is 5.56. The Labute approximate surface area is 92.7 Å². The summed E-state index contributed by atoms with van der Waals surface area (Å²) < 4.78 is 0. The highest BCUT2D eigenvalue weighted by atomic mass is 14.2. The zero-order valence-corrected chi connectivity index (χ0v) is 10.0. The molecule has 0 aromatic heterocycles. The van der Waals surface area contributed by atoms with Gasteiger partial charge in [0.1, 0.15) is 0 Å². The van der Waals surface area contributed by atoms with Crippen LogP contribution in [0.1, 0.15) is 56.2 Å². The summed E-state index contributed by atoms with van der Waals surface area (Å²) in [7, 11) is 0. The molecule has 0 saturated carbocycles. The minimum Gasteiger partial charge on any atom is -0.198 e. The fourth-order valence-electron chi connectivity index (χ4n) is 1.79. The number of hydrogen-bond donors (Lipinski definition) is 0. The summed E-state index contributed by atoms with van der Waals surface area (Å²) >= 11 is 0. The van der Waals surface area contributed by atoms with E-state index in [0.29, 0.717) is 18.3 Å². The van der Waals surface area contributed by atoms with E-state index < -0.39 is 0 Å². The number of nitriles is 1. The van der Waals surface area contributed by atoms with Crippen LogP contribution >= 0.6 is 0 Å². The van der Waals surface area contributed by atoms with Gasteiger partial charge in [-0.2, -0.15) is 5.26 Å². The topological polar surface area (TPSA) is 23.8 Å². The van der Waals surface area contributed by atoms with Gasteiger partial charge in [0.05, 0.1) is 12.5 Å². The Kier molecular flexibility index (Phi) is 3.91. The van der Waals surface area contributed by atoms with Crippen molar-refractivity contribution in [2.45, 2.75) is 46.0 Å². The molecule has 0 aliphatic carbocycles. The lowest BCUT2D eigenvalue weighted by atomic mass is 9.91. The second kappa shape index (κ2) is 4.98. The lowest BCUT2D eigenvalue weighted by Gasteiger charge is -2.14. The molecular formula is C14H19N. The Morgan fingerprint density at radius 3 is 2.27 bits per heavy atom. The molecule has 0 saturated heterocycles. The first-order chi connectivity index (χ1) is 7.06. The average molecular weight is 201 g/mol. The lowest BCUT2D eigenvalue weighted by Crippen LogP contribution is -1.98. The maximum Gasteiger partial charge on any atom is 0.0669 e. The minimum atomic E-state index is 0.495. The standard InChI is InChI=1S/C14H19N/c1-10(2)12-5-6-14(11(3)4)13(9-12)7-8-15/h5-6,9-11H,7H2,1-4H3. The third kappa shape index (κ3) is 2.83. The normalized spacial score (nSPS) is 10.7. The Morgan fingerprint density at radius 1 is 1.13 bits per heavy atom. The van der Waals surface area contributed by atoms with Crippen LogP contribution in [0.15, 0.2) is 18.2 Å². The minimum absolute atomic E-state index is 0.495. The quantitative estimate of drug-likeness (QED) is 0.725. The predicted octanol–water partition coefficient (Wildman–Crippen LogP) is 4.00. The maximum atomic E-state index is 8.81. The number of rotatable bonds is 3. The van der Waals surface area contributed by atoms with Gasteiger partial charge in [-0.05, 0) is 28.5 Å². The highest BCUT2D eigenvalue weighted by Crippen LogP contribution is 2.24. The second-order valence-corrected chi connectivity index (χ2v) is 4.60. The molecule has 0 heterocycles. The van der Waals surface area contributed by atoms with Gasteiger partial charge in [0.15, 0.2) is 0 Å². The van der Waals surface area contributed by atoms with Gasteiger partial charge in [-0.3, -0.25) is 0 Å². The van der Waals surface area contributed by atoms with E-state index >= 15 is 0 Å². The third-order valence-electron chi connectivity index (χ3n) is 2.73. The van der Waals surface area contributed by atoms with E-state index in [9.17, 15) is 0 Å². The summed E-state index contributed by atoms with van der Waals surface area (Å²) in [6, 6.07) is 8.78. The van der Waals surface area contributed by atoms with Gasteiger partial charge in [0.25, 0.3) is 0 Å². The highest BCUT2D eigenvalue weighted by molar-refractivity contribution is 5.36. The van der Waals surface area contributed by atoms with Gasteiger partial charge in [0, 0.05) is 0 Å². The summed E-state index contributed by atoms with van der Waals surface area (Å²) in [5.74, 6) is 1.03.